The van der Waals surface area contributed by atoms with Gasteiger partial charge < -0.3 is 29.3 Å². The van der Waals surface area contributed by atoms with Crippen molar-refractivity contribution in [2.45, 2.75) is 89.4 Å². The van der Waals surface area contributed by atoms with E-state index >= 15 is 0 Å². The number of carbonyl (C=O) groups is 3. The summed E-state index contributed by atoms with van der Waals surface area (Å²) in [6.45, 7) is 16.4. The third kappa shape index (κ3) is 6.05. The van der Waals surface area contributed by atoms with Crippen LogP contribution in [0.2, 0.25) is 0 Å². The first-order valence-electron chi connectivity index (χ1n) is 16.4. The summed E-state index contributed by atoms with van der Waals surface area (Å²) in [6, 6.07) is 6.99. The molecule has 1 aromatic carbocycles. The van der Waals surface area contributed by atoms with Crippen LogP contribution in [0.25, 0.3) is 0 Å². The number of fused-ring (bicyclic) bond motifs is 1. The molecule has 1 N–H and O–H groups in total. The molecule has 2 bridgehead atoms. The van der Waals surface area contributed by atoms with Crippen LogP contribution in [0.4, 0.5) is 11.4 Å². The first kappa shape index (κ1) is 33.7. The summed E-state index contributed by atoms with van der Waals surface area (Å²) < 4.78 is 12.6. The Hall–Kier alpha value is -3.17. The fraction of sp³-hybridized carbons (Fsp3) is 0.629. The van der Waals surface area contributed by atoms with Crippen molar-refractivity contribution in [3.05, 3.63) is 49.6 Å². The maximum Gasteiger partial charge on any atom is 0.312 e. The lowest BCUT2D eigenvalue weighted by Crippen LogP contribution is -2.56. The Kier molecular flexibility index (Phi) is 11.3. The molecule has 3 aliphatic heterocycles. The number of allylic oxidation sites excluding steroid dienone is 1. The molecule has 0 saturated carbocycles. The van der Waals surface area contributed by atoms with Crippen LogP contribution in [-0.2, 0) is 23.9 Å². The highest BCUT2D eigenvalue weighted by Crippen LogP contribution is 2.64. The van der Waals surface area contributed by atoms with E-state index < -0.39 is 35.0 Å². The molecule has 1 spiro atoms. The molecule has 44 heavy (non-hydrogen) atoms. The molecule has 1 aromatic rings. The van der Waals surface area contributed by atoms with Gasteiger partial charge in [-0.05, 0) is 89.5 Å². The maximum atomic E-state index is 14.7. The number of amides is 2. The van der Waals surface area contributed by atoms with Crippen LogP contribution in [0.15, 0.2) is 49.6 Å². The van der Waals surface area contributed by atoms with E-state index in [0.717, 1.165) is 31.6 Å². The van der Waals surface area contributed by atoms with Crippen molar-refractivity contribution in [2.75, 3.05) is 49.2 Å². The Morgan fingerprint density at radius 1 is 1.05 bits per heavy atom. The predicted molar refractivity (Wildman–Crippen MR) is 172 cm³/mol. The first-order chi connectivity index (χ1) is 21.3. The SMILES string of the molecule is C=CCCCCOC(=O)[C@H]1[C@H]2C(=O)N(CCCCO)C(C(=O)N(CC=C)c3ccc(N(CC)CC)cc3)C23CC[C@]1(CC)O3. The van der Waals surface area contributed by atoms with E-state index in [1.807, 2.05) is 37.3 Å². The summed E-state index contributed by atoms with van der Waals surface area (Å²) >= 11 is 0. The number of aliphatic hydroxyl groups is 1. The molecule has 3 fully saturated rings. The molecule has 9 nitrogen and oxygen atoms in total. The largest absolute Gasteiger partial charge is 0.465 e. The highest BCUT2D eigenvalue weighted by atomic mass is 16.6. The highest BCUT2D eigenvalue weighted by Gasteiger charge is 2.79. The summed E-state index contributed by atoms with van der Waals surface area (Å²) in [4.78, 5) is 48.3. The van der Waals surface area contributed by atoms with E-state index in [9.17, 15) is 19.5 Å². The molecule has 5 atom stereocenters. The van der Waals surface area contributed by atoms with Crippen molar-refractivity contribution < 1.29 is 29.0 Å². The number of hydrogen-bond acceptors (Lipinski definition) is 7. The Bertz CT molecular complexity index is 1180. The van der Waals surface area contributed by atoms with Gasteiger partial charge in [0.15, 0.2) is 0 Å². The number of esters is 1. The molecule has 4 rings (SSSR count). The van der Waals surface area contributed by atoms with Crippen molar-refractivity contribution in [2.24, 2.45) is 11.8 Å². The van der Waals surface area contributed by atoms with Gasteiger partial charge in [-0.1, -0.05) is 19.1 Å². The summed E-state index contributed by atoms with van der Waals surface area (Å²) in [5.74, 6) is -2.46. The lowest BCUT2D eigenvalue weighted by atomic mass is 9.65. The number of rotatable bonds is 18. The van der Waals surface area contributed by atoms with E-state index in [0.29, 0.717) is 50.8 Å². The third-order valence-corrected chi connectivity index (χ3v) is 9.89. The Morgan fingerprint density at radius 3 is 2.36 bits per heavy atom. The standard InChI is InChI=1S/C35H51N3O6/c1-6-11-12-15-25-43-33(42)29-28-31(40)38(23-13-14-24-39)30(35(28)21-20-34(29,8-3)44-35)32(41)37(22-7-2)27-18-16-26(17-19-27)36(9-4)10-5/h6-7,16-19,28-30,39H,1-2,8-15,20-25H2,3-5H3/t28-,29+,30?,34-,35?/m0/s1. The van der Waals surface area contributed by atoms with Crippen molar-refractivity contribution in [1.82, 2.24) is 4.90 Å². The molecule has 0 radical (unpaired) electrons. The van der Waals surface area contributed by atoms with Crippen LogP contribution in [-0.4, -0.2) is 84.4 Å². The van der Waals surface area contributed by atoms with Crippen molar-refractivity contribution >= 4 is 29.2 Å². The van der Waals surface area contributed by atoms with Gasteiger partial charge in [0.25, 0.3) is 5.91 Å². The Morgan fingerprint density at radius 2 is 1.75 bits per heavy atom. The van der Waals surface area contributed by atoms with E-state index in [2.05, 4.69) is 31.9 Å². The van der Waals surface area contributed by atoms with Crippen LogP contribution in [0, 0.1) is 11.8 Å². The molecule has 9 heteroatoms. The van der Waals surface area contributed by atoms with Crippen molar-refractivity contribution in [1.29, 1.82) is 0 Å². The summed E-state index contributed by atoms with van der Waals surface area (Å²) in [5, 5.41) is 9.48. The zero-order valence-electron chi connectivity index (χ0n) is 26.8. The van der Waals surface area contributed by atoms with Gasteiger partial charge in [-0.25, -0.2) is 0 Å². The zero-order valence-corrected chi connectivity index (χ0v) is 26.8. The molecule has 0 aliphatic carbocycles. The number of aliphatic hydroxyl groups excluding tert-OH is 1. The van der Waals surface area contributed by atoms with Gasteiger partial charge in [0.05, 0.1) is 18.1 Å². The van der Waals surface area contributed by atoms with Crippen LogP contribution in [0.1, 0.15) is 72.1 Å². The molecular weight excluding hydrogens is 558 g/mol. The quantitative estimate of drug-likeness (QED) is 0.144. The number of carbonyl (C=O) groups excluding carboxylic acids is 3. The van der Waals surface area contributed by atoms with Gasteiger partial charge in [-0.3, -0.25) is 14.4 Å². The zero-order chi connectivity index (χ0) is 31.9. The Labute approximate surface area is 262 Å². The molecule has 2 unspecified atom stereocenters. The minimum atomic E-state index is -1.13. The van der Waals surface area contributed by atoms with Crippen molar-refractivity contribution in [3.8, 4) is 0 Å². The average molecular weight is 610 g/mol. The monoisotopic (exact) mass is 609 g/mol. The molecule has 242 valence electrons. The van der Waals surface area contributed by atoms with Crippen LogP contribution < -0.4 is 9.80 Å². The van der Waals surface area contributed by atoms with Gasteiger partial charge in [0.1, 0.15) is 17.6 Å². The molecule has 3 aliphatic rings. The fourth-order valence-electron chi connectivity index (χ4n) is 7.68. The first-order valence-corrected chi connectivity index (χ1v) is 16.4. The highest BCUT2D eigenvalue weighted by molar-refractivity contribution is 6.05. The summed E-state index contributed by atoms with van der Waals surface area (Å²) in [5.41, 5.74) is -0.195. The summed E-state index contributed by atoms with van der Waals surface area (Å²) in [7, 11) is 0. The van der Waals surface area contributed by atoms with Gasteiger partial charge >= 0.3 is 5.97 Å². The number of ether oxygens (including phenoxy) is 2. The topological polar surface area (TPSA) is 99.6 Å². The number of benzene rings is 1. The second-order valence-electron chi connectivity index (χ2n) is 12.2. The second kappa shape index (κ2) is 14.7. The van der Waals surface area contributed by atoms with Gasteiger partial charge in [-0.15, -0.1) is 13.2 Å². The maximum absolute atomic E-state index is 14.7. The number of unbranched alkanes of at least 4 members (excludes halogenated alkanes) is 3. The van der Waals surface area contributed by atoms with Crippen molar-refractivity contribution in [3.63, 3.8) is 0 Å². The van der Waals surface area contributed by atoms with Gasteiger partial charge in [0.2, 0.25) is 5.91 Å². The summed E-state index contributed by atoms with van der Waals surface area (Å²) in [6.07, 6.45) is 8.63. The van der Waals surface area contributed by atoms with Crippen LogP contribution in [0.3, 0.4) is 0 Å². The van der Waals surface area contributed by atoms with E-state index in [1.54, 1.807) is 15.9 Å². The molecule has 2 amide bonds. The lowest BCUT2D eigenvalue weighted by Gasteiger charge is -2.37. The number of nitrogens with zero attached hydrogens (tertiary/aromatic N) is 3. The molecule has 3 saturated heterocycles. The fourth-order valence-corrected chi connectivity index (χ4v) is 7.68. The van der Waals surface area contributed by atoms with Gasteiger partial charge in [0, 0.05) is 44.2 Å². The number of likely N-dealkylation sites (tertiary alicyclic amines) is 1. The molecule has 3 heterocycles. The van der Waals surface area contributed by atoms with Crippen LogP contribution >= 0.6 is 0 Å². The van der Waals surface area contributed by atoms with E-state index in [4.69, 9.17) is 9.47 Å². The molecule has 0 aromatic heterocycles. The third-order valence-electron chi connectivity index (χ3n) is 9.89. The predicted octanol–water partition coefficient (Wildman–Crippen LogP) is 4.88. The van der Waals surface area contributed by atoms with Gasteiger partial charge in [-0.2, -0.15) is 0 Å². The minimum absolute atomic E-state index is 0.00700. The minimum Gasteiger partial charge on any atom is -0.465 e. The second-order valence-corrected chi connectivity index (χ2v) is 12.2. The van der Waals surface area contributed by atoms with E-state index in [-0.39, 0.29) is 31.6 Å². The average Bonchev–Trinajstić information content (AvgIpc) is 3.64. The molecular formula is C35H51N3O6. The van der Waals surface area contributed by atoms with Crippen LogP contribution in [0.5, 0.6) is 0 Å². The number of anilines is 2. The smallest absolute Gasteiger partial charge is 0.312 e. The number of hydrogen-bond donors (Lipinski definition) is 1. The lowest BCUT2D eigenvalue weighted by molar-refractivity contribution is -0.161. The Balaban J connectivity index is 1.70. The normalized spacial score (nSPS) is 26.9. The van der Waals surface area contributed by atoms with E-state index in [1.165, 1.54) is 0 Å².